The SMILES string of the molecule is Cc1cc(N)c(S(=O)(=O)N2CCCC(C)(C)C2)cc1C. The lowest BCUT2D eigenvalue weighted by Gasteiger charge is -2.37. The number of aryl methyl sites for hydroxylation is 2. The first-order valence-corrected chi connectivity index (χ1v) is 8.44. The second-order valence-corrected chi connectivity index (χ2v) is 8.49. The number of hydrogen-bond donors (Lipinski definition) is 1. The Morgan fingerprint density at radius 3 is 2.40 bits per heavy atom. The number of rotatable bonds is 2. The zero-order valence-electron chi connectivity index (χ0n) is 12.7. The average Bonchev–Trinajstić information content (AvgIpc) is 2.32. The fourth-order valence-corrected chi connectivity index (χ4v) is 4.60. The molecule has 20 heavy (non-hydrogen) atoms. The summed E-state index contributed by atoms with van der Waals surface area (Å²) in [5.41, 5.74) is 8.28. The third-order valence-corrected chi connectivity index (χ3v) is 6.01. The maximum atomic E-state index is 12.8. The summed E-state index contributed by atoms with van der Waals surface area (Å²) in [5, 5.41) is 0. The van der Waals surface area contributed by atoms with Crippen LogP contribution in [-0.2, 0) is 10.0 Å². The highest BCUT2D eigenvalue weighted by Gasteiger charge is 2.35. The lowest BCUT2D eigenvalue weighted by atomic mass is 9.85. The van der Waals surface area contributed by atoms with Crippen LogP contribution in [0.15, 0.2) is 17.0 Å². The Morgan fingerprint density at radius 2 is 1.80 bits per heavy atom. The van der Waals surface area contributed by atoms with Crippen molar-refractivity contribution in [1.82, 2.24) is 4.31 Å². The van der Waals surface area contributed by atoms with E-state index in [1.807, 2.05) is 13.8 Å². The van der Waals surface area contributed by atoms with Crippen LogP contribution >= 0.6 is 0 Å². The van der Waals surface area contributed by atoms with Gasteiger partial charge in [0.1, 0.15) is 4.90 Å². The van der Waals surface area contributed by atoms with E-state index in [2.05, 4.69) is 13.8 Å². The summed E-state index contributed by atoms with van der Waals surface area (Å²) in [6.07, 6.45) is 1.96. The second kappa shape index (κ2) is 5.04. The number of sulfonamides is 1. The molecular weight excluding hydrogens is 272 g/mol. The molecular formula is C15H24N2O2S. The van der Waals surface area contributed by atoms with E-state index in [9.17, 15) is 8.42 Å². The van der Waals surface area contributed by atoms with Gasteiger partial charge in [0.25, 0.3) is 0 Å². The molecule has 1 fully saturated rings. The standard InChI is InChI=1S/C15H24N2O2S/c1-11-8-13(16)14(9-12(11)2)20(18,19)17-7-5-6-15(3,4)10-17/h8-9H,5-7,10,16H2,1-4H3. The van der Waals surface area contributed by atoms with Gasteiger partial charge in [-0.15, -0.1) is 0 Å². The maximum Gasteiger partial charge on any atom is 0.245 e. The minimum Gasteiger partial charge on any atom is -0.398 e. The lowest BCUT2D eigenvalue weighted by Crippen LogP contribution is -2.43. The summed E-state index contributed by atoms with van der Waals surface area (Å²) in [6, 6.07) is 3.44. The molecule has 112 valence electrons. The van der Waals surface area contributed by atoms with Crippen molar-refractivity contribution < 1.29 is 8.42 Å². The van der Waals surface area contributed by atoms with Crippen molar-refractivity contribution in [3.63, 3.8) is 0 Å². The van der Waals surface area contributed by atoms with Crippen LogP contribution in [0.3, 0.4) is 0 Å². The first-order valence-electron chi connectivity index (χ1n) is 7.00. The zero-order chi connectivity index (χ0) is 15.1. The van der Waals surface area contributed by atoms with E-state index < -0.39 is 10.0 Å². The number of nitrogen functional groups attached to an aromatic ring is 1. The third-order valence-electron chi connectivity index (χ3n) is 4.11. The van der Waals surface area contributed by atoms with Gasteiger partial charge in [-0.3, -0.25) is 0 Å². The van der Waals surface area contributed by atoms with Crippen LogP contribution in [0.25, 0.3) is 0 Å². The summed E-state index contributed by atoms with van der Waals surface area (Å²) in [7, 11) is -3.49. The summed E-state index contributed by atoms with van der Waals surface area (Å²) in [6.45, 7) is 9.21. The van der Waals surface area contributed by atoms with Gasteiger partial charge >= 0.3 is 0 Å². The Bertz CT molecular complexity index is 621. The Kier molecular flexibility index (Phi) is 3.86. The summed E-state index contributed by atoms with van der Waals surface area (Å²) >= 11 is 0. The lowest BCUT2D eigenvalue weighted by molar-refractivity contribution is 0.187. The molecule has 4 nitrogen and oxygen atoms in total. The Balaban J connectivity index is 2.43. The van der Waals surface area contributed by atoms with Crippen molar-refractivity contribution in [2.75, 3.05) is 18.8 Å². The van der Waals surface area contributed by atoms with Gasteiger partial charge in [0, 0.05) is 13.1 Å². The molecule has 1 aromatic carbocycles. The minimum absolute atomic E-state index is 0.0276. The molecule has 0 aliphatic carbocycles. The van der Waals surface area contributed by atoms with Gasteiger partial charge in [-0.25, -0.2) is 8.42 Å². The van der Waals surface area contributed by atoms with Crippen LogP contribution in [0.5, 0.6) is 0 Å². The van der Waals surface area contributed by atoms with Gasteiger partial charge in [-0.1, -0.05) is 13.8 Å². The predicted octanol–water partition coefficient (Wildman–Crippen LogP) is 2.70. The molecule has 0 atom stereocenters. The molecule has 2 N–H and O–H groups in total. The predicted molar refractivity (Wildman–Crippen MR) is 82.1 cm³/mol. The van der Waals surface area contributed by atoms with E-state index in [1.54, 1.807) is 16.4 Å². The fourth-order valence-electron chi connectivity index (χ4n) is 2.75. The third kappa shape index (κ3) is 2.83. The molecule has 0 aromatic heterocycles. The molecule has 1 heterocycles. The summed E-state index contributed by atoms with van der Waals surface area (Å²) in [5.74, 6) is 0. The van der Waals surface area contributed by atoms with E-state index >= 15 is 0 Å². The van der Waals surface area contributed by atoms with E-state index in [-0.39, 0.29) is 10.3 Å². The second-order valence-electron chi connectivity index (χ2n) is 6.58. The van der Waals surface area contributed by atoms with Crippen LogP contribution < -0.4 is 5.73 Å². The number of nitrogens with two attached hydrogens (primary N) is 1. The number of anilines is 1. The normalized spacial score (nSPS) is 20.0. The molecule has 0 saturated carbocycles. The van der Waals surface area contributed by atoms with Gasteiger partial charge in [0.05, 0.1) is 5.69 Å². The fraction of sp³-hybridized carbons (Fsp3) is 0.600. The molecule has 0 radical (unpaired) electrons. The van der Waals surface area contributed by atoms with E-state index in [0.717, 1.165) is 24.0 Å². The highest BCUT2D eigenvalue weighted by molar-refractivity contribution is 7.89. The molecule has 0 bridgehead atoms. The molecule has 0 unspecified atom stereocenters. The van der Waals surface area contributed by atoms with Crippen molar-refractivity contribution in [3.8, 4) is 0 Å². The number of benzene rings is 1. The zero-order valence-corrected chi connectivity index (χ0v) is 13.5. The first-order chi connectivity index (χ1) is 9.13. The Labute approximate surface area is 122 Å². The molecule has 1 aliphatic rings. The van der Waals surface area contributed by atoms with Crippen molar-refractivity contribution in [2.24, 2.45) is 5.41 Å². The minimum atomic E-state index is -3.49. The van der Waals surface area contributed by atoms with Gasteiger partial charge in [-0.05, 0) is 55.4 Å². The summed E-state index contributed by atoms with van der Waals surface area (Å²) in [4.78, 5) is 0.248. The molecule has 5 heteroatoms. The van der Waals surface area contributed by atoms with Crippen LogP contribution in [0, 0.1) is 19.3 Å². The highest BCUT2D eigenvalue weighted by Crippen LogP contribution is 2.33. The van der Waals surface area contributed by atoms with Crippen LogP contribution in [0.4, 0.5) is 5.69 Å². The number of hydrogen-bond acceptors (Lipinski definition) is 3. The van der Waals surface area contributed by atoms with Crippen molar-refractivity contribution in [2.45, 2.75) is 45.4 Å². The van der Waals surface area contributed by atoms with Crippen LogP contribution in [0.2, 0.25) is 0 Å². The van der Waals surface area contributed by atoms with Crippen LogP contribution in [0.1, 0.15) is 37.8 Å². The molecule has 1 aliphatic heterocycles. The Hall–Kier alpha value is -1.07. The van der Waals surface area contributed by atoms with E-state index in [1.165, 1.54) is 0 Å². The number of nitrogens with zero attached hydrogens (tertiary/aromatic N) is 1. The monoisotopic (exact) mass is 296 g/mol. The van der Waals surface area contributed by atoms with Gasteiger partial charge in [-0.2, -0.15) is 4.31 Å². The maximum absolute atomic E-state index is 12.8. The topological polar surface area (TPSA) is 63.4 Å². The van der Waals surface area contributed by atoms with Crippen molar-refractivity contribution in [1.29, 1.82) is 0 Å². The van der Waals surface area contributed by atoms with Crippen molar-refractivity contribution in [3.05, 3.63) is 23.3 Å². The summed E-state index contributed by atoms with van der Waals surface area (Å²) < 4.78 is 27.2. The quantitative estimate of drug-likeness (QED) is 0.853. The van der Waals surface area contributed by atoms with E-state index in [4.69, 9.17) is 5.73 Å². The molecule has 0 amide bonds. The first kappa shape index (κ1) is 15.3. The molecule has 1 aromatic rings. The van der Waals surface area contributed by atoms with Crippen LogP contribution in [-0.4, -0.2) is 25.8 Å². The van der Waals surface area contributed by atoms with Gasteiger partial charge in [0.15, 0.2) is 0 Å². The molecule has 0 spiro atoms. The smallest absolute Gasteiger partial charge is 0.245 e. The Morgan fingerprint density at radius 1 is 1.20 bits per heavy atom. The van der Waals surface area contributed by atoms with Crippen molar-refractivity contribution >= 4 is 15.7 Å². The largest absolute Gasteiger partial charge is 0.398 e. The van der Waals surface area contributed by atoms with E-state index in [0.29, 0.717) is 18.8 Å². The molecule has 2 rings (SSSR count). The van der Waals surface area contributed by atoms with Gasteiger partial charge < -0.3 is 5.73 Å². The number of piperidine rings is 1. The average molecular weight is 296 g/mol. The molecule has 1 saturated heterocycles. The highest BCUT2D eigenvalue weighted by atomic mass is 32.2. The van der Waals surface area contributed by atoms with Gasteiger partial charge in [0.2, 0.25) is 10.0 Å².